The Morgan fingerprint density at radius 3 is 1.40 bits per heavy atom. The first-order valence-electron chi connectivity index (χ1n) is 6.09. The van der Waals surface area contributed by atoms with Gasteiger partial charge in [0.25, 0.3) is 0 Å². The van der Waals surface area contributed by atoms with Crippen LogP contribution in [-0.2, 0) is 6.42 Å². The van der Waals surface area contributed by atoms with E-state index in [1.807, 2.05) is 40.7 Å². The first-order valence-corrected chi connectivity index (χ1v) is 6.09. The summed E-state index contributed by atoms with van der Waals surface area (Å²) in [4.78, 5) is 0. The molecule has 0 heterocycles. The molecule has 0 aliphatic rings. The van der Waals surface area contributed by atoms with E-state index in [-0.39, 0.29) is 0 Å². The fourth-order valence-electron chi connectivity index (χ4n) is 0.714. The second kappa shape index (κ2) is 23.3. The van der Waals surface area contributed by atoms with E-state index in [2.05, 4.69) is 31.2 Å². The van der Waals surface area contributed by atoms with Gasteiger partial charge in [0.15, 0.2) is 0 Å². The van der Waals surface area contributed by atoms with Crippen molar-refractivity contribution in [1.82, 2.24) is 0 Å². The van der Waals surface area contributed by atoms with Crippen LogP contribution in [0.15, 0.2) is 30.3 Å². The zero-order chi connectivity index (χ0) is 12.5. The van der Waals surface area contributed by atoms with Crippen LogP contribution in [0.5, 0.6) is 0 Å². The molecule has 0 atom stereocenters. The summed E-state index contributed by atoms with van der Waals surface area (Å²) in [6.45, 7) is 12.1. The van der Waals surface area contributed by atoms with Crippen molar-refractivity contribution < 1.29 is 0 Å². The lowest BCUT2D eigenvalue weighted by Crippen LogP contribution is -1.73. The number of hydrogen-bond donors (Lipinski definition) is 0. The number of aryl methyl sites for hydroxylation is 1. The first kappa shape index (κ1) is 19.8. The largest absolute Gasteiger partial charge is 0.0915 e. The fourth-order valence-corrected chi connectivity index (χ4v) is 0.714. The Labute approximate surface area is 98.5 Å². The molecule has 86 valence electrons. The Morgan fingerprint density at radius 1 is 0.867 bits per heavy atom. The standard InChI is InChI=1S/C8H10.C2H5B.2C2H6/c1-2-8-6-4-3-5-7-8;1-2-3;2*1-2/h3-7H,2H2,1H3;2H2,1H3;2*1-2H3. The Morgan fingerprint density at radius 2 is 1.20 bits per heavy atom. The van der Waals surface area contributed by atoms with E-state index < -0.39 is 0 Å². The third kappa shape index (κ3) is 19.6. The molecule has 0 saturated heterocycles. The normalized spacial score (nSPS) is 6.80. The van der Waals surface area contributed by atoms with Crippen LogP contribution in [0.25, 0.3) is 0 Å². The van der Waals surface area contributed by atoms with Crippen molar-refractivity contribution in [3.63, 3.8) is 0 Å². The third-order valence-electron chi connectivity index (χ3n) is 1.25. The molecule has 0 bridgehead atoms. The second-order valence-corrected chi connectivity index (χ2v) is 2.25. The predicted molar refractivity (Wildman–Crippen MR) is 74.8 cm³/mol. The average molecular weight is 206 g/mol. The highest BCUT2D eigenvalue weighted by atomic mass is 13.9. The number of benzene rings is 1. The molecule has 0 nitrogen and oxygen atoms in total. The monoisotopic (exact) mass is 206 g/mol. The lowest BCUT2D eigenvalue weighted by atomic mass is 10.1. The van der Waals surface area contributed by atoms with Gasteiger partial charge in [-0.2, -0.15) is 0 Å². The molecule has 1 heteroatoms. The minimum Gasteiger partial charge on any atom is -0.0915 e. The van der Waals surface area contributed by atoms with Crippen LogP contribution in [0, 0.1) is 0 Å². The van der Waals surface area contributed by atoms with Crippen LogP contribution in [0.4, 0.5) is 0 Å². The van der Waals surface area contributed by atoms with E-state index >= 15 is 0 Å². The van der Waals surface area contributed by atoms with Gasteiger partial charge in [0.05, 0.1) is 7.85 Å². The highest BCUT2D eigenvalue weighted by molar-refractivity contribution is 6.08. The Balaban J connectivity index is -0.000000176. The van der Waals surface area contributed by atoms with E-state index in [9.17, 15) is 0 Å². The summed E-state index contributed by atoms with van der Waals surface area (Å²) < 4.78 is 0. The van der Waals surface area contributed by atoms with Gasteiger partial charge in [0, 0.05) is 0 Å². The molecule has 0 aliphatic heterocycles. The summed E-state index contributed by atoms with van der Waals surface area (Å²) in [7, 11) is 4.85. The molecule has 1 aromatic rings. The minimum atomic E-state index is 0.750. The van der Waals surface area contributed by atoms with Crippen molar-refractivity contribution >= 4 is 7.85 Å². The van der Waals surface area contributed by atoms with Gasteiger partial charge in [0.2, 0.25) is 0 Å². The highest BCUT2D eigenvalue weighted by Gasteiger charge is 1.79. The van der Waals surface area contributed by atoms with Gasteiger partial charge in [-0.1, -0.05) is 78.2 Å². The topological polar surface area (TPSA) is 0 Å². The van der Waals surface area contributed by atoms with Crippen LogP contribution in [0.3, 0.4) is 0 Å². The number of rotatable bonds is 1. The Bertz CT molecular complexity index is 158. The average Bonchev–Trinajstić information content (AvgIpc) is 2.36. The van der Waals surface area contributed by atoms with Gasteiger partial charge in [0.1, 0.15) is 0 Å². The summed E-state index contributed by atoms with van der Waals surface area (Å²) >= 11 is 0. The van der Waals surface area contributed by atoms with Gasteiger partial charge in [-0.3, -0.25) is 0 Å². The van der Waals surface area contributed by atoms with Crippen molar-refractivity contribution in [1.29, 1.82) is 0 Å². The van der Waals surface area contributed by atoms with Gasteiger partial charge in [-0.25, -0.2) is 0 Å². The van der Waals surface area contributed by atoms with Crippen LogP contribution in [0.2, 0.25) is 6.32 Å². The molecular weight excluding hydrogens is 179 g/mol. The predicted octanol–water partition coefficient (Wildman–Crippen LogP) is 4.89. The lowest BCUT2D eigenvalue weighted by molar-refractivity contribution is 1.14. The molecule has 15 heavy (non-hydrogen) atoms. The zero-order valence-corrected chi connectivity index (χ0v) is 11.4. The summed E-state index contributed by atoms with van der Waals surface area (Å²) in [5.41, 5.74) is 1.41. The van der Waals surface area contributed by atoms with E-state index in [0.29, 0.717) is 0 Å². The van der Waals surface area contributed by atoms with Crippen molar-refractivity contribution in [2.45, 2.75) is 54.3 Å². The van der Waals surface area contributed by atoms with Gasteiger partial charge < -0.3 is 0 Å². The summed E-state index contributed by atoms with van der Waals surface area (Å²) in [5, 5.41) is 0. The van der Waals surface area contributed by atoms with Crippen LogP contribution >= 0.6 is 0 Å². The van der Waals surface area contributed by atoms with Crippen LogP contribution < -0.4 is 0 Å². The lowest BCUT2D eigenvalue weighted by Gasteiger charge is -1.89. The minimum absolute atomic E-state index is 0.750. The maximum absolute atomic E-state index is 4.85. The van der Waals surface area contributed by atoms with Gasteiger partial charge >= 0.3 is 0 Å². The van der Waals surface area contributed by atoms with Crippen molar-refractivity contribution in [3.8, 4) is 0 Å². The van der Waals surface area contributed by atoms with Crippen molar-refractivity contribution in [2.24, 2.45) is 0 Å². The molecular formula is C14H27B. The molecule has 1 aromatic carbocycles. The summed E-state index contributed by atoms with van der Waals surface area (Å²) in [6, 6.07) is 10.5. The summed E-state index contributed by atoms with van der Waals surface area (Å²) in [5.74, 6) is 0. The quantitative estimate of drug-likeness (QED) is 0.573. The smallest absolute Gasteiger partial charge is 0.0649 e. The molecule has 0 saturated carbocycles. The van der Waals surface area contributed by atoms with Crippen LogP contribution in [-0.4, -0.2) is 7.85 Å². The molecule has 0 amide bonds. The molecule has 1 rings (SSSR count). The second-order valence-electron chi connectivity index (χ2n) is 2.25. The molecule has 0 fully saturated rings. The molecule has 2 radical (unpaired) electrons. The SMILES string of the molecule is CC.CC.CCc1ccccc1.[B]CC. The third-order valence-corrected chi connectivity index (χ3v) is 1.25. The maximum Gasteiger partial charge on any atom is 0.0649 e. The van der Waals surface area contributed by atoms with E-state index in [0.717, 1.165) is 12.7 Å². The maximum atomic E-state index is 4.85. The van der Waals surface area contributed by atoms with Gasteiger partial charge in [-0.15, -0.1) is 0 Å². The van der Waals surface area contributed by atoms with E-state index in [4.69, 9.17) is 7.85 Å². The van der Waals surface area contributed by atoms with E-state index in [1.165, 1.54) is 5.56 Å². The van der Waals surface area contributed by atoms with Gasteiger partial charge in [-0.05, 0) is 12.0 Å². The molecule has 0 N–H and O–H groups in total. The molecule has 0 spiro atoms. The fraction of sp³-hybridized carbons (Fsp3) is 0.571. The summed E-state index contributed by atoms with van der Waals surface area (Å²) in [6.07, 6.45) is 1.89. The Hall–Kier alpha value is -0.715. The number of hydrogen-bond acceptors (Lipinski definition) is 0. The first-order chi connectivity index (χ1) is 7.35. The zero-order valence-electron chi connectivity index (χ0n) is 11.4. The molecule has 0 unspecified atom stereocenters. The van der Waals surface area contributed by atoms with Crippen LogP contribution in [0.1, 0.15) is 47.1 Å². The van der Waals surface area contributed by atoms with Crippen molar-refractivity contribution in [2.75, 3.05) is 0 Å². The highest BCUT2D eigenvalue weighted by Crippen LogP contribution is 1.96. The molecule has 0 aromatic heterocycles. The van der Waals surface area contributed by atoms with E-state index in [1.54, 1.807) is 0 Å². The Kier molecular flexibility index (Phi) is 30.7. The molecule has 0 aliphatic carbocycles. The van der Waals surface area contributed by atoms with Crippen molar-refractivity contribution in [3.05, 3.63) is 35.9 Å².